The molecule has 1 amide bonds. The SMILES string of the molecule is COc1ccc(C=C2SC(=S)N(C(C(=O)O)C(C)C)C2=O)c(OC)c1. The van der Waals surface area contributed by atoms with E-state index in [1.165, 1.54) is 12.0 Å². The van der Waals surface area contributed by atoms with Crippen molar-refractivity contribution < 1.29 is 24.2 Å². The Morgan fingerprint density at radius 3 is 2.52 bits per heavy atom. The van der Waals surface area contributed by atoms with Crippen LogP contribution < -0.4 is 9.47 Å². The third-order valence-corrected chi connectivity index (χ3v) is 5.04. The van der Waals surface area contributed by atoms with Crippen molar-refractivity contribution in [2.75, 3.05) is 14.2 Å². The maximum absolute atomic E-state index is 12.7. The molecule has 0 radical (unpaired) electrons. The first kappa shape index (κ1) is 19.3. The number of carbonyl (C=O) groups is 2. The second-order valence-electron chi connectivity index (χ2n) is 5.69. The van der Waals surface area contributed by atoms with Gasteiger partial charge in [0.05, 0.1) is 19.1 Å². The molecule has 2 rings (SSSR count). The van der Waals surface area contributed by atoms with Gasteiger partial charge in [-0.3, -0.25) is 9.69 Å². The highest BCUT2D eigenvalue weighted by atomic mass is 32.2. The molecule has 1 aliphatic heterocycles. The minimum absolute atomic E-state index is 0.241. The molecule has 1 aromatic rings. The van der Waals surface area contributed by atoms with Crippen LogP contribution in [-0.4, -0.2) is 46.5 Å². The Bertz CT molecular complexity index is 745. The highest BCUT2D eigenvalue weighted by Gasteiger charge is 2.41. The summed E-state index contributed by atoms with van der Waals surface area (Å²) in [5, 5.41) is 9.44. The zero-order valence-corrected chi connectivity index (χ0v) is 15.9. The molecule has 0 spiro atoms. The molecule has 6 nitrogen and oxygen atoms in total. The molecule has 25 heavy (non-hydrogen) atoms. The van der Waals surface area contributed by atoms with Gasteiger partial charge in [0.2, 0.25) is 0 Å². The molecule has 1 aliphatic rings. The molecule has 1 unspecified atom stereocenters. The molecule has 134 valence electrons. The van der Waals surface area contributed by atoms with Crippen LogP contribution in [0.5, 0.6) is 11.5 Å². The molecule has 0 bridgehead atoms. The zero-order chi connectivity index (χ0) is 18.7. The molecular weight excluding hydrogens is 362 g/mol. The Morgan fingerprint density at radius 2 is 2.00 bits per heavy atom. The summed E-state index contributed by atoms with van der Waals surface area (Å²) in [5.74, 6) is -0.575. The summed E-state index contributed by atoms with van der Waals surface area (Å²) in [5.41, 5.74) is 0.681. The predicted molar refractivity (Wildman–Crippen MR) is 101 cm³/mol. The van der Waals surface area contributed by atoms with E-state index >= 15 is 0 Å². The molecule has 0 aromatic heterocycles. The quantitative estimate of drug-likeness (QED) is 0.599. The number of hydrogen-bond acceptors (Lipinski definition) is 6. The van der Waals surface area contributed by atoms with Crippen molar-refractivity contribution in [3.63, 3.8) is 0 Å². The number of carbonyl (C=O) groups excluding carboxylic acids is 1. The van der Waals surface area contributed by atoms with Crippen LogP contribution in [0.2, 0.25) is 0 Å². The van der Waals surface area contributed by atoms with Crippen molar-refractivity contribution in [1.29, 1.82) is 0 Å². The van der Waals surface area contributed by atoms with E-state index in [-0.39, 0.29) is 10.2 Å². The average molecular weight is 381 g/mol. The second-order valence-corrected chi connectivity index (χ2v) is 7.36. The number of carboxylic acid groups (broad SMARTS) is 1. The van der Waals surface area contributed by atoms with Crippen LogP contribution in [0.4, 0.5) is 0 Å². The van der Waals surface area contributed by atoms with E-state index in [9.17, 15) is 14.7 Å². The van der Waals surface area contributed by atoms with Crippen molar-refractivity contribution >= 4 is 46.3 Å². The normalized spacial score (nSPS) is 17.3. The molecular formula is C17H19NO5S2. The fourth-order valence-corrected chi connectivity index (χ4v) is 3.81. The molecule has 1 N–H and O–H groups in total. The van der Waals surface area contributed by atoms with Gasteiger partial charge in [0.25, 0.3) is 5.91 Å². The largest absolute Gasteiger partial charge is 0.497 e. The van der Waals surface area contributed by atoms with Crippen LogP contribution >= 0.6 is 24.0 Å². The van der Waals surface area contributed by atoms with Gasteiger partial charge in [-0.15, -0.1) is 0 Å². The van der Waals surface area contributed by atoms with Gasteiger partial charge in [-0.1, -0.05) is 37.8 Å². The third-order valence-electron chi connectivity index (χ3n) is 3.71. The van der Waals surface area contributed by atoms with Crippen LogP contribution in [0.3, 0.4) is 0 Å². The van der Waals surface area contributed by atoms with E-state index in [0.29, 0.717) is 22.0 Å². The van der Waals surface area contributed by atoms with Gasteiger partial charge in [-0.05, 0) is 24.1 Å². The number of nitrogens with zero attached hydrogens (tertiary/aromatic N) is 1. The van der Waals surface area contributed by atoms with Crippen molar-refractivity contribution in [1.82, 2.24) is 4.90 Å². The van der Waals surface area contributed by atoms with Crippen LogP contribution in [0.25, 0.3) is 6.08 Å². The summed E-state index contributed by atoms with van der Waals surface area (Å²) in [6, 6.07) is 4.24. The predicted octanol–water partition coefficient (Wildman–Crippen LogP) is 3.01. The van der Waals surface area contributed by atoms with Crippen molar-refractivity contribution in [2.24, 2.45) is 5.92 Å². The van der Waals surface area contributed by atoms with Gasteiger partial charge in [0, 0.05) is 11.6 Å². The van der Waals surface area contributed by atoms with Gasteiger partial charge in [0.1, 0.15) is 21.9 Å². The number of ether oxygens (including phenoxy) is 2. The van der Waals surface area contributed by atoms with Crippen molar-refractivity contribution in [3.05, 3.63) is 28.7 Å². The summed E-state index contributed by atoms with van der Waals surface area (Å²) in [4.78, 5) is 25.8. The van der Waals surface area contributed by atoms with Crippen LogP contribution in [0.1, 0.15) is 19.4 Å². The maximum atomic E-state index is 12.7. The van der Waals surface area contributed by atoms with E-state index in [4.69, 9.17) is 21.7 Å². The number of benzene rings is 1. The standard InChI is InChI=1S/C17H19NO5S2/c1-9(2)14(16(20)21)18-15(19)13(25-17(18)24)7-10-5-6-11(22-3)8-12(10)23-4/h5-9,14H,1-4H3,(H,20,21). The number of aliphatic carboxylic acids is 1. The first-order valence-electron chi connectivity index (χ1n) is 7.52. The first-order chi connectivity index (χ1) is 11.8. The zero-order valence-electron chi connectivity index (χ0n) is 14.3. The lowest BCUT2D eigenvalue weighted by Crippen LogP contribution is -2.47. The summed E-state index contributed by atoms with van der Waals surface area (Å²) < 4.78 is 10.7. The second kappa shape index (κ2) is 7.88. The van der Waals surface area contributed by atoms with E-state index in [1.807, 2.05) is 0 Å². The van der Waals surface area contributed by atoms with E-state index < -0.39 is 17.9 Å². The number of thioether (sulfide) groups is 1. The lowest BCUT2D eigenvalue weighted by atomic mass is 10.0. The van der Waals surface area contributed by atoms with Gasteiger partial charge >= 0.3 is 5.97 Å². The fourth-order valence-electron chi connectivity index (χ4n) is 2.49. The molecule has 0 saturated carbocycles. The lowest BCUT2D eigenvalue weighted by Gasteiger charge is -2.26. The Kier molecular flexibility index (Phi) is 6.07. The van der Waals surface area contributed by atoms with Crippen LogP contribution in [0, 0.1) is 5.92 Å². The molecule has 1 saturated heterocycles. The number of rotatable bonds is 6. The molecule has 8 heteroatoms. The highest BCUT2D eigenvalue weighted by Crippen LogP contribution is 2.37. The minimum atomic E-state index is -1.07. The number of thiocarbonyl (C=S) groups is 1. The van der Waals surface area contributed by atoms with Gasteiger partial charge in [-0.2, -0.15) is 0 Å². The van der Waals surface area contributed by atoms with Gasteiger partial charge in [-0.25, -0.2) is 4.79 Å². The van der Waals surface area contributed by atoms with Crippen LogP contribution in [-0.2, 0) is 9.59 Å². The Balaban J connectivity index is 2.39. The van der Waals surface area contributed by atoms with Gasteiger partial charge < -0.3 is 14.6 Å². The highest BCUT2D eigenvalue weighted by molar-refractivity contribution is 8.26. The van der Waals surface area contributed by atoms with Crippen molar-refractivity contribution in [2.45, 2.75) is 19.9 Å². The van der Waals surface area contributed by atoms with Gasteiger partial charge in [0.15, 0.2) is 0 Å². The van der Waals surface area contributed by atoms with E-state index in [1.54, 1.807) is 45.2 Å². The number of hydrogen-bond donors (Lipinski definition) is 1. The van der Waals surface area contributed by atoms with Crippen LogP contribution in [0.15, 0.2) is 23.1 Å². The molecule has 1 atom stereocenters. The molecule has 1 aromatic carbocycles. The number of methoxy groups -OCH3 is 2. The smallest absolute Gasteiger partial charge is 0.327 e. The Morgan fingerprint density at radius 1 is 1.32 bits per heavy atom. The Hall–Kier alpha value is -2.06. The minimum Gasteiger partial charge on any atom is -0.497 e. The number of amides is 1. The molecule has 0 aliphatic carbocycles. The van der Waals surface area contributed by atoms with Crippen molar-refractivity contribution in [3.8, 4) is 11.5 Å². The van der Waals surface area contributed by atoms with E-state index in [2.05, 4.69) is 0 Å². The topological polar surface area (TPSA) is 76.1 Å². The molecule has 1 heterocycles. The maximum Gasteiger partial charge on any atom is 0.327 e. The monoisotopic (exact) mass is 381 g/mol. The van der Waals surface area contributed by atoms with E-state index in [0.717, 1.165) is 11.8 Å². The summed E-state index contributed by atoms with van der Waals surface area (Å²) in [6.07, 6.45) is 1.65. The average Bonchev–Trinajstić information content (AvgIpc) is 2.82. The third kappa shape index (κ3) is 3.96. The summed E-state index contributed by atoms with van der Waals surface area (Å²) in [7, 11) is 3.08. The summed E-state index contributed by atoms with van der Waals surface area (Å²) >= 11 is 6.33. The lowest BCUT2D eigenvalue weighted by molar-refractivity contribution is -0.146. The fraction of sp³-hybridized carbons (Fsp3) is 0.353. The number of carboxylic acids is 1. The first-order valence-corrected chi connectivity index (χ1v) is 8.74. The molecule has 1 fully saturated rings. The summed E-state index contributed by atoms with van der Waals surface area (Å²) in [6.45, 7) is 3.49. The Labute approximate surface area is 155 Å².